The topological polar surface area (TPSA) is 91.3 Å². The Bertz CT molecular complexity index is 939. The molecule has 0 radical (unpaired) electrons. The van der Waals surface area contributed by atoms with E-state index in [1.54, 1.807) is 25.2 Å². The van der Waals surface area contributed by atoms with Gasteiger partial charge in [-0.15, -0.1) is 0 Å². The van der Waals surface area contributed by atoms with Crippen LogP contribution in [0.25, 0.3) is 10.9 Å². The minimum absolute atomic E-state index is 0.0671. The molecule has 1 amide bonds. The van der Waals surface area contributed by atoms with E-state index in [1.807, 2.05) is 30.3 Å². The van der Waals surface area contributed by atoms with E-state index in [0.717, 1.165) is 5.56 Å². The molecule has 0 spiro atoms. The van der Waals surface area contributed by atoms with E-state index in [4.69, 9.17) is 0 Å². The molecule has 0 unspecified atom stereocenters. The summed E-state index contributed by atoms with van der Waals surface area (Å²) in [5.74, 6) is -1.31. The monoisotopic (exact) mass is 335 g/mol. The molecule has 3 N–H and O–H groups in total. The number of benzene rings is 2. The molecule has 3 aromatic rings. The predicted octanol–water partition coefficient (Wildman–Crippen LogP) is 2.90. The first kappa shape index (κ1) is 16.4. The van der Waals surface area contributed by atoms with Gasteiger partial charge in [-0.3, -0.25) is 9.78 Å². The summed E-state index contributed by atoms with van der Waals surface area (Å²) in [6, 6.07) is 14.7. The highest BCUT2D eigenvalue weighted by Gasteiger charge is 2.16. The Morgan fingerprint density at radius 1 is 1.12 bits per heavy atom. The van der Waals surface area contributed by atoms with E-state index in [-0.39, 0.29) is 11.5 Å². The number of aromatic nitrogens is 1. The van der Waals surface area contributed by atoms with Crippen LogP contribution in [0, 0.1) is 0 Å². The summed E-state index contributed by atoms with van der Waals surface area (Å²) in [7, 11) is 1.55. The zero-order valence-corrected chi connectivity index (χ0v) is 13.6. The molecule has 126 valence electrons. The zero-order chi connectivity index (χ0) is 17.8. The fourth-order valence-electron chi connectivity index (χ4n) is 2.62. The van der Waals surface area contributed by atoms with E-state index in [1.165, 1.54) is 6.20 Å². The Morgan fingerprint density at radius 3 is 2.56 bits per heavy atom. The molecule has 6 nitrogen and oxygen atoms in total. The summed E-state index contributed by atoms with van der Waals surface area (Å²) < 4.78 is 0. The molecule has 6 heteroatoms. The number of aromatic carboxylic acids is 1. The predicted molar refractivity (Wildman–Crippen MR) is 95.9 cm³/mol. The molecule has 3 rings (SSSR count). The van der Waals surface area contributed by atoms with Crippen LogP contribution in [-0.4, -0.2) is 29.0 Å². The van der Waals surface area contributed by atoms with Gasteiger partial charge in [0, 0.05) is 30.7 Å². The highest BCUT2D eigenvalue weighted by Crippen LogP contribution is 2.27. The van der Waals surface area contributed by atoms with E-state index in [0.29, 0.717) is 28.7 Å². The molecule has 1 heterocycles. The first-order valence-electron chi connectivity index (χ1n) is 7.76. The molecule has 2 aromatic carbocycles. The van der Waals surface area contributed by atoms with Crippen molar-refractivity contribution in [1.29, 1.82) is 0 Å². The van der Waals surface area contributed by atoms with Gasteiger partial charge in [0.05, 0.1) is 11.2 Å². The molecule has 0 aliphatic rings. The van der Waals surface area contributed by atoms with Gasteiger partial charge in [0.15, 0.2) is 0 Å². The molecule has 0 saturated heterocycles. The molecule has 0 atom stereocenters. The van der Waals surface area contributed by atoms with Gasteiger partial charge in [0.1, 0.15) is 5.56 Å². The quantitative estimate of drug-likeness (QED) is 0.667. The third-order valence-electron chi connectivity index (χ3n) is 3.90. The van der Waals surface area contributed by atoms with Crippen molar-refractivity contribution in [2.45, 2.75) is 6.54 Å². The van der Waals surface area contributed by atoms with Gasteiger partial charge in [0.2, 0.25) is 0 Å². The lowest BCUT2D eigenvalue weighted by atomic mass is 10.1. The number of hydrogen-bond acceptors (Lipinski definition) is 4. The van der Waals surface area contributed by atoms with Gasteiger partial charge in [0.25, 0.3) is 5.91 Å². The molecular formula is C19H17N3O3. The summed E-state index contributed by atoms with van der Waals surface area (Å²) >= 11 is 0. The number of carbonyl (C=O) groups is 2. The molecule has 0 bridgehead atoms. The lowest BCUT2D eigenvalue weighted by molar-refractivity contribution is 0.0697. The first-order valence-corrected chi connectivity index (χ1v) is 7.76. The van der Waals surface area contributed by atoms with E-state index in [9.17, 15) is 14.7 Å². The van der Waals surface area contributed by atoms with Crippen LogP contribution in [0.2, 0.25) is 0 Å². The van der Waals surface area contributed by atoms with Crippen LogP contribution in [-0.2, 0) is 6.54 Å². The van der Waals surface area contributed by atoms with Crippen molar-refractivity contribution in [3.8, 4) is 0 Å². The van der Waals surface area contributed by atoms with Crippen LogP contribution >= 0.6 is 0 Å². The van der Waals surface area contributed by atoms with Crippen LogP contribution in [0.15, 0.2) is 54.7 Å². The largest absolute Gasteiger partial charge is 0.478 e. The summed E-state index contributed by atoms with van der Waals surface area (Å²) in [6.45, 7) is 0.463. The Kier molecular flexibility index (Phi) is 4.61. The van der Waals surface area contributed by atoms with Crippen molar-refractivity contribution in [2.75, 3.05) is 12.4 Å². The number of carboxylic acids is 1. The molecule has 0 saturated carbocycles. The van der Waals surface area contributed by atoms with Crippen LogP contribution in [0.3, 0.4) is 0 Å². The number of anilines is 1. The van der Waals surface area contributed by atoms with Crippen molar-refractivity contribution < 1.29 is 14.7 Å². The number of rotatable bonds is 5. The van der Waals surface area contributed by atoms with Crippen molar-refractivity contribution in [3.63, 3.8) is 0 Å². The van der Waals surface area contributed by atoms with Crippen LogP contribution in [0.5, 0.6) is 0 Å². The van der Waals surface area contributed by atoms with Crippen LogP contribution in [0.1, 0.15) is 26.3 Å². The van der Waals surface area contributed by atoms with Crippen LogP contribution in [0.4, 0.5) is 5.69 Å². The van der Waals surface area contributed by atoms with Gasteiger partial charge in [-0.2, -0.15) is 0 Å². The highest BCUT2D eigenvalue weighted by atomic mass is 16.4. The summed E-state index contributed by atoms with van der Waals surface area (Å²) in [5, 5.41) is 15.8. The number of fused-ring (bicyclic) bond motifs is 1. The fraction of sp³-hybridized carbons (Fsp3) is 0.105. The highest BCUT2D eigenvalue weighted by molar-refractivity contribution is 6.06. The summed E-state index contributed by atoms with van der Waals surface area (Å²) in [4.78, 5) is 27.7. The van der Waals surface area contributed by atoms with Crippen molar-refractivity contribution in [3.05, 3.63) is 71.4 Å². The smallest absolute Gasteiger partial charge is 0.339 e. The molecule has 0 fully saturated rings. The minimum Gasteiger partial charge on any atom is -0.478 e. The Balaban J connectivity index is 2.09. The second-order valence-electron chi connectivity index (χ2n) is 5.50. The average Bonchev–Trinajstić information content (AvgIpc) is 2.65. The lowest BCUT2D eigenvalue weighted by Gasteiger charge is -2.13. The average molecular weight is 335 g/mol. The van der Waals surface area contributed by atoms with Gasteiger partial charge in [-0.1, -0.05) is 30.3 Å². The number of hydrogen-bond donors (Lipinski definition) is 3. The molecule has 0 aliphatic heterocycles. The first-order chi connectivity index (χ1) is 12.1. The fourth-order valence-corrected chi connectivity index (χ4v) is 2.62. The standard InChI is InChI=1S/C19H17N3O3/c1-20-18(23)13-7-8-16-14(9-13)17(15(11-21-16)19(24)25)22-10-12-5-3-2-4-6-12/h2-9,11H,10H2,1H3,(H,20,23)(H,21,22)(H,24,25). The lowest BCUT2D eigenvalue weighted by Crippen LogP contribution is -2.17. The van der Waals surface area contributed by atoms with Crippen LogP contribution < -0.4 is 10.6 Å². The third kappa shape index (κ3) is 3.42. The number of carbonyl (C=O) groups excluding carboxylic acids is 1. The van der Waals surface area contributed by atoms with Gasteiger partial charge >= 0.3 is 5.97 Å². The van der Waals surface area contributed by atoms with Crippen molar-refractivity contribution in [1.82, 2.24) is 10.3 Å². The maximum atomic E-state index is 11.9. The normalized spacial score (nSPS) is 10.4. The van der Waals surface area contributed by atoms with Crippen molar-refractivity contribution >= 4 is 28.5 Å². The minimum atomic E-state index is -1.07. The Morgan fingerprint density at radius 2 is 1.88 bits per heavy atom. The molecule has 0 aliphatic carbocycles. The summed E-state index contributed by atoms with van der Waals surface area (Å²) in [5.41, 5.74) is 2.60. The number of nitrogens with one attached hydrogen (secondary N) is 2. The third-order valence-corrected chi connectivity index (χ3v) is 3.90. The maximum absolute atomic E-state index is 11.9. The Hall–Kier alpha value is -3.41. The van der Waals surface area contributed by atoms with Gasteiger partial charge in [-0.05, 0) is 23.8 Å². The number of pyridine rings is 1. The number of nitrogens with zero attached hydrogens (tertiary/aromatic N) is 1. The Labute approximate surface area is 144 Å². The van der Waals surface area contributed by atoms with E-state index in [2.05, 4.69) is 15.6 Å². The second kappa shape index (κ2) is 7.00. The SMILES string of the molecule is CNC(=O)c1ccc2ncc(C(=O)O)c(NCc3ccccc3)c2c1. The maximum Gasteiger partial charge on any atom is 0.339 e. The zero-order valence-electron chi connectivity index (χ0n) is 13.6. The van der Waals surface area contributed by atoms with Crippen molar-refractivity contribution in [2.24, 2.45) is 0 Å². The number of carboxylic acid groups (broad SMARTS) is 1. The molecular weight excluding hydrogens is 318 g/mol. The second-order valence-corrected chi connectivity index (χ2v) is 5.50. The molecule has 1 aromatic heterocycles. The van der Waals surface area contributed by atoms with Gasteiger partial charge in [-0.25, -0.2) is 4.79 Å². The molecule has 25 heavy (non-hydrogen) atoms. The summed E-state index contributed by atoms with van der Waals surface area (Å²) in [6.07, 6.45) is 1.33. The van der Waals surface area contributed by atoms with E-state index >= 15 is 0 Å². The van der Waals surface area contributed by atoms with Gasteiger partial charge < -0.3 is 15.7 Å². The van der Waals surface area contributed by atoms with E-state index < -0.39 is 5.97 Å². The number of amides is 1.